The number of unbranched alkanes of at least 4 members (excludes halogenated alkanes) is 11. The van der Waals surface area contributed by atoms with E-state index in [1.54, 1.807) is 0 Å². The smallest absolute Gasteiger partial charge is 0.381 e. The first kappa shape index (κ1) is 33.3. The summed E-state index contributed by atoms with van der Waals surface area (Å²) in [5, 5.41) is 0. The fourth-order valence-electron chi connectivity index (χ4n) is 4.24. The van der Waals surface area contributed by atoms with E-state index in [4.69, 9.17) is 9.47 Å². The quantitative estimate of drug-likeness (QED) is 0.112. The van der Waals surface area contributed by atoms with E-state index in [0.29, 0.717) is 18.9 Å². The van der Waals surface area contributed by atoms with E-state index in [0.717, 1.165) is 90.4 Å². The molecular weight excluding hydrogens is 503 g/mol. The van der Waals surface area contributed by atoms with Crippen molar-refractivity contribution in [3.63, 3.8) is 0 Å². The lowest BCUT2D eigenvalue weighted by Crippen LogP contribution is -2.60. The average molecular weight is 545 g/mol. The molecule has 0 spiro atoms. The van der Waals surface area contributed by atoms with E-state index >= 15 is 0 Å². The Kier molecular flexibility index (Phi) is 15.1. The van der Waals surface area contributed by atoms with Crippen molar-refractivity contribution in [3.05, 3.63) is 0 Å². The van der Waals surface area contributed by atoms with E-state index in [9.17, 15) is 39.5 Å². The highest BCUT2D eigenvalue weighted by Gasteiger charge is 2.81. The van der Waals surface area contributed by atoms with E-state index < -0.39 is 36.8 Å². The maximum Gasteiger partial charge on any atom is 0.460 e. The normalized spacial score (nSPS) is 18.1. The Bertz CT molecular complexity index is 562. The van der Waals surface area contributed by atoms with Gasteiger partial charge in [-0.1, -0.05) is 64.2 Å². The van der Waals surface area contributed by atoms with Gasteiger partial charge in [-0.05, 0) is 38.5 Å². The van der Waals surface area contributed by atoms with Gasteiger partial charge in [0.05, 0.1) is 6.10 Å². The van der Waals surface area contributed by atoms with Crippen molar-refractivity contribution in [2.24, 2.45) is 0 Å². The lowest BCUT2D eigenvalue weighted by molar-refractivity contribution is -0.396. The maximum absolute atomic E-state index is 13.4. The number of hydrogen-bond donors (Lipinski definition) is 0. The van der Waals surface area contributed by atoms with Gasteiger partial charge in [-0.15, -0.1) is 0 Å². The number of rotatable bonds is 20. The van der Waals surface area contributed by atoms with Crippen molar-refractivity contribution in [1.82, 2.24) is 0 Å². The summed E-state index contributed by atoms with van der Waals surface area (Å²) in [6, 6.07) is 0. The SMILES string of the molecule is FC(F)(F)C(F)(F)C(F)(F)C(F)(F)CCCCCCCCCCCCCCOCCC1CCCCO1. The molecular formula is C25H41F9O2. The minimum Gasteiger partial charge on any atom is -0.381 e. The molecule has 11 heteroatoms. The van der Waals surface area contributed by atoms with Crippen molar-refractivity contribution < 1.29 is 49.0 Å². The van der Waals surface area contributed by atoms with Crippen LogP contribution in [-0.2, 0) is 9.47 Å². The fourth-order valence-corrected chi connectivity index (χ4v) is 4.24. The predicted molar refractivity (Wildman–Crippen MR) is 120 cm³/mol. The number of alkyl halides is 9. The first-order chi connectivity index (χ1) is 16.8. The molecule has 1 saturated heterocycles. The lowest BCUT2D eigenvalue weighted by atomic mass is 9.97. The second kappa shape index (κ2) is 16.3. The molecule has 0 aromatic rings. The van der Waals surface area contributed by atoms with Crippen LogP contribution in [0.3, 0.4) is 0 Å². The maximum atomic E-state index is 13.4. The minimum atomic E-state index is -6.79. The first-order valence-corrected chi connectivity index (χ1v) is 13.2. The molecule has 36 heavy (non-hydrogen) atoms. The van der Waals surface area contributed by atoms with Crippen molar-refractivity contribution >= 4 is 0 Å². The van der Waals surface area contributed by atoms with Crippen molar-refractivity contribution in [3.8, 4) is 0 Å². The van der Waals surface area contributed by atoms with Gasteiger partial charge in [0.15, 0.2) is 0 Å². The van der Waals surface area contributed by atoms with Gasteiger partial charge in [-0.3, -0.25) is 0 Å². The summed E-state index contributed by atoms with van der Waals surface area (Å²) in [4.78, 5) is 0. The number of halogens is 9. The van der Waals surface area contributed by atoms with E-state index in [1.165, 1.54) is 6.42 Å². The van der Waals surface area contributed by atoms with Gasteiger partial charge in [0.1, 0.15) is 0 Å². The molecule has 1 heterocycles. The van der Waals surface area contributed by atoms with Gasteiger partial charge < -0.3 is 9.47 Å². The van der Waals surface area contributed by atoms with Crippen molar-refractivity contribution in [1.29, 1.82) is 0 Å². The van der Waals surface area contributed by atoms with E-state index in [2.05, 4.69) is 0 Å². The molecule has 1 fully saturated rings. The Labute approximate surface area is 208 Å². The van der Waals surface area contributed by atoms with E-state index in [-0.39, 0.29) is 6.42 Å². The number of hydrogen-bond acceptors (Lipinski definition) is 2. The van der Waals surface area contributed by atoms with Crippen LogP contribution in [0.5, 0.6) is 0 Å². The standard InChI is InChI=1S/C25H41F9O2/c26-22(27,23(28,29)24(30,31)25(32,33)34)17-12-9-7-5-3-1-2-4-6-8-10-13-18-35-20-16-21-15-11-14-19-36-21/h21H,1-20H2. The van der Waals surface area contributed by atoms with Crippen molar-refractivity contribution in [2.45, 2.75) is 139 Å². The van der Waals surface area contributed by atoms with Crippen LogP contribution in [0.15, 0.2) is 0 Å². The van der Waals surface area contributed by atoms with Gasteiger partial charge in [0.2, 0.25) is 0 Å². The molecule has 1 rings (SSSR count). The summed E-state index contributed by atoms with van der Waals surface area (Å²) in [7, 11) is 0. The van der Waals surface area contributed by atoms with Crippen LogP contribution in [0.1, 0.15) is 109 Å². The largest absolute Gasteiger partial charge is 0.460 e. The van der Waals surface area contributed by atoms with Crippen LogP contribution >= 0.6 is 0 Å². The molecule has 0 aromatic carbocycles. The zero-order chi connectivity index (χ0) is 27.1. The molecule has 1 aliphatic heterocycles. The lowest BCUT2D eigenvalue weighted by Gasteiger charge is -2.33. The highest BCUT2D eigenvalue weighted by molar-refractivity contribution is 5.00. The molecule has 0 bridgehead atoms. The van der Waals surface area contributed by atoms with Gasteiger partial charge >= 0.3 is 23.9 Å². The molecule has 216 valence electrons. The van der Waals surface area contributed by atoms with Gasteiger partial charge in [0, 0.05) is 26.2 Å². The second-order valence-corrected chi connectivity index (χ2v) is 9.73. The third-order valence-corrected chi connectivity index (χ3v) is 6.60. The summed E-state index contributed by atoms with van der Waals surface area (Å²) in [6.07, 6.45) is 5.24. The molecule has 1 unspecified atom stereocenters. The van der Waals surface area contributed by atoms with E-state index in [1.807, 2.05) is 0 Å². The molecule has 0 saturated carbocycles. The Morgan fingerprint density at radius 3 is 1.56 bits per heavy atom. The molecule has 0 aliphatic carbocycles. The van der Waals surface area contributed by atoms with Crippen LogP contribution in [0.4, 0.5) is 39.5 Å². The van der Waals surface area contributed by atoms with Crippen LogP contribution in [0.2, 0.25) is 0 Å². The summed E-state index contributed by atoms with van der Waals surface area (Å²) < 4.78 is 126. The highest BCUT2D eigenvalue weighted by atomic mass is 19.4. The van der Waals surface area contributed by atoms with Gasteiger partial charge in [-0.2, -0.15) is 39.5 Å². The van der Waals surface area contributed by atoms with Crippen LogP contribution in [-0.4, -0.2) is 49.9 Å². The Morgan fingerprint density at radius 1 is 0.583 bits per heavy atom. The zero-order valence-corrected chi connectivity index (χ0v) is 20.9. The van der Waals surface area contributed by atoms with Gasteiger partial charge in [0.25, 0.3) is 0 Å². The molecule has 0 N–H and O–H groups in total. The van der Waals surface area contributed by atoms with Crippen molar-refractivity contribution in [2.75, 3.05) is 19.8 Å². The molecule has 1 aliphatic rings. The van der Waals surface area contributed by atoms with Crippen LogP contribution in [0.25, 0.3) is 0 Å². The summed E-state index contributed by atoms with van der Waals surface area (Å²) >= 11 is 0. The van der Waals surface area contributed by atoms with Crippen LogP contribution in [0, 0.1) is 0 Å². The summed E-state index contributed by atoms with van der Waals surface area (Å²) in [6.45, 7) is 2.37. The van der Waals surface area contributed by atoms with Gasteiger partial charge in [-0.25, -0.2) is 0 Å². The predicted octanol–water partition coefficient (Wildman–Crippen LogP) is 9.50. The minimum absolute atomic E-state index is 0.0685. The molecule has 1 atom stereocenters. The third kappa shape index (κ3) is 11.4. The zero-order valence-electron chi connectivity index (χ0n) is 20.9. The number of ether oxygens (including phenoxy) is 2. The second-order valence-electron chi connectivity index (χ2n) is 9.73. The molecule has 2 nitrogen and oxygen atoms in total. The Morgan fingerprint density at radius 2 is 1.08 bits per heavy atom. The highest BCUT2D eigenvalue weighted by Crippen LogP contribution is 2.54. The van der Waals surface area contributed by atoms with Crippen LogP contribution < -0.4 is 0 Å². The first-order valence-electron chi connectivity index (χ1n) is 13.2. The average Bonchev–Trinajstić information content (AvgIpc) is 2.80. The monoisotopic (exact) mass is 544 g/mol. The summed E-state index contributed by atoms with van der Waals surface area (Å²) in [5.41, 5.74) is 0. The molecule has 0 radical (unpaired) electrons. The molecule has 0 amide bonds. The Balaban J connectivity index is 1.93. The Hall–Kier alpha value is -0.710. The molecule has 0 aromatic heterocycles. The fraction of sp³-hybridized carbons (Fsp3) is 1.00. The summed E-state index contributed by atoms with van der Waals surface area (Å²) in [5.74, 6) is -18.7. The topological polar surface area (TPSA) is 18.5 Å². The third-order valence-electron chi connectivity index (χ3n) is 6.60.